The largest absolute Gasteiger partial charge is 0.478 e. The summed E-state index contributed by atoms with van der Waals surface area (Å²) >= 11 is 0. The second kappa shape index (κ2) is 9.47. The van der Waals surface area contributed by atoms with Crippen LogP contribution in [0.3, 0.4) is 0 Å². The van der Waals surface area contributed by atoms with E-state index < -0.39 is 29.2 Å². The summed E-state index contributed by atoms with van der Waals surface area (Å²) in [6.07, 6.45) is -1.41. The number of benzene rings is 2. The molecule has 0 atom stereocenters. The molecule has 30 heavy (non-hydrogen) atoms. The van der Waals surface area contributed by atoms with Crippen molar-refractivity contribution in [2.75, 3.05) is 6.54 Å². The van der Waals surface area contributed by atoms with E-state index in [0.717, 1.165) is 17.7 Å². The molecular formula is C22H22F3NO4. The first-order valence-electron chi connectivity index (χ1n) is 9.12. The van der Waals surface area contributed by atoms with Gasteiger partial charge in [0.25, 0.3) is 0 Å². The third-order valence-corrected chi connectivity index (χ3v) is 4.17. The Bertz CT molecular complexity index is 919. The van der Waals surface area contributed by atoms with Gasteiger partial charge in [-0.3, -0.25) is 4.79 Å². The van der Waals surface area contributed by atoms with Gasteiger partial charge in [0.15, 0.2) is 5.60 Å². The lowest BCUT2D eigenvalue weighted by Crippen LogP contribution is -2.37. The van der Waals surface area contributed by atoms with Crippen molar-refractivity contribution in [3.05, 3.63) is 71.3 Å². The van der Waals surface area contributed by atoms with Gasteiger partial charge < -0.3 is 15.2 Å². The summed E-state index contributed by atoms with van der Waals surface area (Å²) in [7, 11) is 0. The predicted molar refractivity (Wildman–Crippen MR) is 106 cm³/mol. The van der Waals surface area contributed by atoms with Crippen LogP contribution in [0.25, 0.3) is 6.08 Å². The molecule has 5 nitrogen and oxygen atoms in total. The zero-order valence-electron chi connectivity index (χ0n) is 16.5. The highest BCUT2D eigenvalue weighted by molar-refractivity contribution is 5.91. The average Bonchev–Trinajstić information content (AvgIpc) is 2.67. The first-order chi connectivity index (χ1) is 14.0. The number of hydrogen-bond acceptors (Lipinski definition) is 3. The van der Waals surface area contributed by atoms with Crippen LogP contribution in [0.5, 0.6) is 5.75 Å². The molecule has 0 aliphatic carbocycles. The SMILES string of the molecule is CC(C)(Oc1ccc(CCNC(=O)C=Cc2cccc(C(F)(F)F)c2)cc1)C(=O)O. The minimum absolute atomic E-state index is 0.278. The van der Waals surface area contributed by atoms with Crippen LogP contribution in [0.4, 0.5) is 13.2 Å². The van der Waals surface area contributed by atoms with Gasteiger partial charge in [-0.2, -0.15) is 13.2 Å². The fourth-order valence-corrected chi connectivity index (χ4v) is 2.44. The monoisotopic (exact) mass is 421 g/mol. The Morgan fingerprint density at radius 3 is 2.37 bits per heavy atom. The van der Waals surface area contributed by atoms with Gasteiger partial charge in [-0.05, 0) is 61.7 Å². The molecule has 2 rings (SSSR count). The van der Waals surface area contributed by atoms with Gasteiger partial charge >= 0.3 is 12.1 Å². The summed E-state index contributed by atoms with van der Waals surface area (Å²) < 4.78 is 43.5. The molecule has 0 fully saturated rings. The highest BCUT2D eigenvalue weighted by Crippen LogP contribution is 2.29. The second-order valence-corrected chi connectivity index (χ2v) is 7.06. The lowest BCUT2D eigenvalue weighted by molar-refractivity contribution is -0.152. The number of rotatable bonds is 8. The van der Waals surface area contributed by atoms with Gasteiger partial charge in [0.1, 0.15) is 5.75 Å². The molecule has 0 radical (unpaired) electrons. The Morgan fingerprint density at radius 1 is 1.10 bits per heavy atom. The lowest BCUT2D eigenvalue weighted by atomic mass is 10.1. The van der Waals surface area contributed by atoms with Crippen molar-refractivity contribution in [2.45, 2.75) is 32.0 Å². The summed E-state index contributed by atoms with van der Waals surface area (Å²) in [6, 6.07) is 11.5. The number of carboxylic acids is 1. The maximum Gasteiger partial charge on any atom is 0.416 e. The van der Waals surface area contributed by atoms with Crippen molar-refractivity contribution >= 4 is 18.0 Å². The number of nitrogens with one attached hydrogen (secondary N) is 1. The van der Waals surface area contributed by atoms with E-state index in [1.165, 1.54) is 38.1 Å². The number of ether oxygens (including phenoxy) is 1. The Morgan fingerprint density at radius 2 is 1.77 bits per heavy atom. The molecule has 0 heterocycles. The molecule has 2 aromatic carbocycles. The molecule has 0 bridgehead atoms. The van der Waals surface area contributed by atoms with Crippen LogP contribution in [0, 0.1) is 0 Å². The van der Waals surface area contributed by atoms with E-state index in [4.69, 9.17) is 9.84 Å². The quantitative estimate of drug-likeness (QED) is 0.623. The smallest absolute Gasteiger partial charge is 0.416 e. The zero-order chi connectivity index (χ0) is 22.4. The van der Waals surface area contributed by atoms with Crippen molar-refractivity contribution in [1.82, 2.24) is 5.32 Å². The van der Waals surface area contributed by atoms with Crippen LogP contribution < -0.4 is 10.1 Å². The maximum absolute atomic E-state index is 12.7. The van der Waals surface area contributed by atoms with Crippen molar-refractivity contribution in [2.24, 2.45) is 0 Å². The number of carbonyl (C=O) groups is 2. The highest BCUT2D eigenvalue weighted by Gasteiger charge is 2.30. The second-order valence-electron chi connectivity index (χ2n) is 7.06. The molecule has 0 aliphatic heterocycles. The van der Waals surface area contributed by atoms with E-state index in [0.29, 0.717) is 18.7 Å². The Balaban J connectivity index is 1.83. The summed E-state index contributed by atoms with van der Waals surface area (Å²) in [5.74, 6) is -1.08. The molecule has 0 spiro atoms. The molecule has 1 amide bonds. The van der Waals surface area contributed by atoms with Gasteiger partial charge in [-0.15, -0.1) is 0 Å². The fraction of sp³-hybridized carbons (Fsp3) is 0.273. The van der Waals surface area contributed by atoms with Gasteiger partial charge in [0.2, 0.25) is 5.91 Å². The van der Waals surface area contributed by atoms with Gasteiger partial charge in [-0.25, -0.2) is 4.79 Å². The van der Waals surface area contributed by atoms with E-state index in [1.807, 2.05) is 0 Å². The maximum atomic E-state index is 12.7. The van der Waals surface area contributed by atoms with Crippen molar-refractivity contribution in [3.8, 4) is 5.75 Å². The summed E-state index contributed by atoms with van der Waals surface area (Å²) in [6.45, 7) is 3.23. The molecule has 0 unspecified atom stereocenters. The number of alkyl halides is 3. The van der Waals surface area contributed by atoms with Gasteiger partial charge in [0, 0.05) is 12.6 Å². The van der Waals surface area contributed by atoms with Crippen LogP contribution in [-0.2, 0) is 22.2 Å². The molecule has 160 valence electrons. The average molecular weight is 421 g/mol. The Kier molecular flexibility index (Phi) is 7.26. The van der Waals surface area contributed by atoms with Crippen LogP contribution in [-0.4, -0.2) is 29.1 Å². The van der Waals surface area contributed by atoms with Crippen LogP contribution >= 0.6 is 0 Å². The number of amides is 1. The van der Waals surface area contributed by atoms with E-state index >= 15 is 0 Å². The molecule has 0 saturated heterocycles. The molecule has 0 saturated carbocycles. The third-order valence-electron chi connectivity index (χ3n) is 4.17. The topological polar surface area (TPSA) is 75.6 Å². The van der Waals surface area contributed by atoms with E-state index in [9.17, 15) is 22.8 Å². The molecular weight excluding hydrogens is 399 g/mol. The zero-order valence-corrected chi connectivity index (χ0v) is 16.5. The normalized spacial score (nSPS) is 12.0. The minimum Gasteiger partial charge on any atom is -0.478 e. The summed E-state index contributed by atoms with van der Waals surface area (Å²) in [4.78, 5) is 22.9. The molecule has 2 aromatic rings. The Hall–Kier alpha value is -3.29. The van der Waals surface area contributed by atoms with Crippen molar-refractivity contribution < 1.29 is 32.6 Å². The minimum atomic E-state index is -4.43. The van der Waals surface area contributed by atoms with Crippen LogP contribution in [0.1, 0.15) is 30.5 Å². The van der Waals surface area contributed by atoms with Crippen molar-refractivity contribution in [3.63, 3.8) is 0 Å². The molecule has 2 N–H and O–H groups in total. The molecule has 8 heteroatoms. The highest BCUT2D eigenvalue weighted by atomic mass is 19.4. The van der Waals surface area contributed by atoms with Crippen LogP contribution in [0.2, 0.25) is 0 Å². The van der Waals surface area contributed by atoms with Crippen LogP contribution in [0.15, 0.2) is 54.6 Å². The van der Waals surface area contributed by atoms with E-state index in [1.54, 1.807) is 24.3 Å². The van der Waals surface area contributed by atoms with E-state index in [2.05, 4.69) is 5.32 Å². The third kappa shape index (κ3) is 6.95. The lowest BCUT2D eigenvalue weighted by Gasteiger charge is -2.21. The summed E-state index contributed by atoms with van der Waals surface area (Å²) in [5.41, 5.74) is -0.941. The number of carboxylic acid groups (broad SMARTS) is 1. The Labute approximate surface area is 172 Å². The number of carbonyl (C=O) groups excluding carboxylic acids is 1. The summed E-state index contributed by atoms with van der Waals surface area (Å²) in [5, 5.41) is 11.7. The molecule has 0 aliphatic rings. The van der Waals surface area contributed by atoms with Gasteiger partial charge in [-0.1, -0.05) is 24.3 Å². The first kappa shape index (κ1) is 23.0. The number of halogens is 3. The standard InChI is InChI=1S/C22H22F3NO4/c1-21(2,20(28)29)30-18-9-6-15(7-10-18)12-13-26-19(27)11-8-16-4-3-5-17(14-16)22(23,24)25/h3-11,14H,12-13H2,1-2H3,(H,26,27)(H,28,29). The number of aliphatic carboxylic acids is 1. The number of hydrogen-bond donors (Lipinski definition) is 2. The fourth-order valence-electron chi connectivity index (χ4n) is 2.44. The van der Waals surface area contributed by atoms with Crippen molar-refractivity contribution in [1.29, 1.82) is 0 Å². The van der Waals surface area contributed by atoms with Gasteiger partial charge in [0.05, 0.1) is 5.56 Å². The molecule has 0 aromatic heterocycles. The first-order valence-corrected chi connectivity index (χ1v) is 9.12. The van der Waals surface area contributed by atoms with E-state index in [-0.39, 0.29) is 5.56 Å². The predicted octanol–water partition coefficient (Wildman–Crippen LogP) is 4.32.